The van der Waals surface area contributed by atoms with Crippen molar-refractivity contribution >= 4 is 15.7 Å². The summed E-state index contributed by atoms with van der Waals surface area (Å²) in [6, 6.07) is 0. The zero-order chi connectivity index (χ0) is 14.5. The Kier molecular flexibility index (Phi) is 5.61. The summed E-state index contributed by atoms with van der Waals surface area (Å²) in [4.78, 5) is 0. The van der Waals surface area contributed by atoms with E-state index >= 15 is 0 Å². The van der Waals surface area contributed by atoms with E-state index in [4.69, 9.17) is 10.9 Å². The van der Waals surface area contributed by atoms with Gasteiger partial charge in [-0.15, -0.1) is 0 Å². The molecule has 0 spiro atoms. The Morgan fingerprint density at radius 2 is 2.21 bits per heavy atom. The molecular formula is C12H25N3O3S. The predicted octanol–water partition coefficient (Wildman–Crippen LogP) is 0.564. The zero-order valence-electron chi connectivity index (χ0n) is 11.7. The minimum absolute atomic E-state index is 0.245. The molecule has 1 saturated heterocycles. The Morgan fingerprint density at radius 3 is 2.74 bits per heavy atom. The molecule has 1 aliphatic rings. The molecule has 1 unspecified atom stereocenters. The molecule has 4 N–H and O–H groups in total. The molecule has 0 aromatic rings. The summed E-state index contributed by atoms with van der Waals surface area (Å²) in [5, 5.41) is 15.0. The quantitative estimate of drug-likeness (QED) is 0.209. The normalized spacial score (nSPS) is 23.7. The van der Waals surface area contributed by atoms with E-state index in [2.05, 4.69) is 10.5 Å². The van der Waals surface area contributed by atoms with E-state index in [-0.39, 0.29) is 17.2 Å². The van der Waals surface area contributed by atoms with E-state index in [0.717, 1.165) is 32.4 Å². The van der Waals surface area contributed by atoms with E-state index in [1.165, 1.54) is 0 Å². The summed E-state index contributed by atoms with van der Waals surface area (Å²) in [6.45, 7) is 5.44. The van der Waals surface area contributed by atoms with Gasteiger partial charge in [0.15, 0.2) is 9.84 Å². The first-order valence-corrected chi connectivity index (χ1v) is 8.48. The summed E-state index contributed by atoms with van der Waals surface area (Å²) in [5.74, 6) is 1.14. The monoisotopic (exact) mass is 291 g/mol. The number of nitrogens with one attached hydrogen (secondary N) is 1. The number of sulfone groups is 1. The molecule has 0 bridgehead atoms. The van der Waals surface area contributed by atoms with Crippen LogP contribution < -0.4 is 11.1 Å². The molecule has 7 heteroatoms. The molecule has 1 aliphatic heterocycles. The number of amidine groups is 1. The number of hydrogen-bond donors (Lipinski definition) is 3. The lowest BCUT2D eigenvalue weighted by molar-refractivity contribution is 0.304. The third kappa shape index (κ3) is 5.36. The third-order valence-electron chi connectivity index (χ3n) is 3.72. The molecular weight excluding hydrogens is 266 g/mol. The van der Waals surface area contributed by atoms with Gasteiger partial charge in [0.1, 0.15) is 5.84 Å². The second-order valence-corrected chi connectivity index (χ2v) is 8.17. The summed E-state index contributed by atoms with van der Waals surface area (Å²) < 4.78 is 22.6. The van der Waals surface area contributed by atoms with Gasteiger partial charge in [-0.2, -0.15) is 0 Å². The highest BCUT2D eigenvalue weighted by molar-refractivity contribution is 7.91. The molecule has 19 heavy (non-hydrogen) atoms. The van der Waals surface area contributed by atoms with Crippen LogP contribution in [0.5, 0.6) is 0 Å². The third-order valence-corrected chi connectivity index (χ3v) is 5.55. The van der Waals surface area contributed by atoms with Crippen molar-refractivity contribution in [2.75, 3.05) is 24.6 Å². The molecule has 6 nitrogen and oxygen atoms in total. The minimum Gasteiger partial charge on any atom is -0.409 e. The van der Waals surface area contributed by atoms with Gasteiger partial charge in [0.2, 0.25) is 0 Å². The fourth-order valence-electron chi connectivity index (χ4n) is 2.26. The fraction of sp³-hybridized carbons (Fsp3) is 0.917. The zero-order valence-corrected chi connectivity index (χ0v) is 12.5. The fourth-order valence-corrected chi connectivity index (χ4v) is 4.12. The van der Waals surface area contributed by atoms with Crippen molar-refractivity contribution in [1.82, 2.24) is 5.32 Å². The van der Waals surface area contributed by atoms with Gasteiger partial charge < -0.3 is 16.3 Å². The number of nitrogens with two attached hydrogens (primary N) is 1. The van der Waals surface area contributed by atoms with Gasteiger partial charge in [-0.25, -0.2) is 8.42 Å². The van der Waals surface area contributed by atoms with E-state index in [1.807, 2.05) is 13.8 Å². The molecule has 0 saturated carbocycles. The van der Waals surface area contributed by atoms with Crippen LogP contribution in [-0.4, -0.2) is 44.1 Å². The summed E-state index contributed by atoms with van der Waals surface area (Å²) in [5.41, 5.74) is 5.30. The lowest BCUT2D eigenvalue weighted by atomic mass is 9.86. The molecule has 1 heterocycles. The molecule has 112 valence electrons. The Hall–Kier alpha value is -0.820. The van der Waals surface area contributed by atoms with Crippen LogP contribution in [0.25, 0.3) is 0 Å². The topological polar surface area (TPSA) is 105 Å². The highest BCUT2D eigenvalue weighted by atomic mass is 32.2. The summed E-state index contributed by atoms with van der Waals surface area (Å²) in [6.07, 6.45) is 2.49. The molecule has 0 aromatic heterocycles. The molecule has 1 rings (SSSR count). The van der Waals surface area contributed by atoms with Crippen molar-refractivity contribution in [3.05, 3.63) is 0 Å². The van der Waals surface area contributed by atoms with Crippen molar-refractivity contribution in [3.63, 3.8) is 0 Å². The highest BCUT2D eigenvalue weighted by Gasteiger charge is 2.27. The van der Waals surface area contributed by atoms with Gasteiger partial charge in [-0.3, -0.25) is 0 Å². The maximum absolute atomic E-state index is 11.3. The molecule has 1 fully saturated rings. The standard InChI is InChI=1S/C12H25N3O3S/c1-12(2,11(13)15-16)5-3-6-14-8-10-4-7-19(17,18)9-10/h10,14,16H,3-9H2,1-2H3,(H2,13,15). The summed E-state index contributed by atoms with van der Waals surface area (Å²) >= 11 is 0. The first kappa shape index (κ1) is 16.2. The first-order chi connectivity index (χ1) is 8.77. The maximum Gasteiger partial charge on any atom is 0.150 e. The number of oxime groups is 1. The average Bonchev–Trinajstić information content (AvgIpc) is 2.67. The van der Waals surface area contributed by atoms with Crippen LogP contribution in [0.15, 0.2) is 5.16 Å². The van der Waals surface area contributed by atoms with E-state index in [9.17, 15) is 8.42 Å². The molecule has 1 atom stereocenters. The Labute approximate surface area is 115 Å². The van der Waals surface area contributed by atoms with Crippen LogP contribution in [0.1, 0.15) is 33.1 Å². The molecule has 0 radical (unpaired) electrons. The summed E-state index contributed by atoms with van der Waals surface area (Å²) in [7, 11) is -2.78. The van der Waals surface area contributed by atoms with Gasteiger partial charge in [0.25, 0.3) is 0 Å². The predicted molar refractivity (Wildman–Crippen MR) is 76.1 cm³/mol. The Morgan fingerprint density at radius 1 is 1.53 bits per heavy atom. The SMILES string of the molecule is CC(C)(CCCNCC1CCS(=O)(=O)C1)C(N)=NO. The van der Waals surface area contributed by atoms with Crippen molar-refractivity contribution in [3.8, 4) is 0 Å². The van der Waals surface area contributed by atoms with Crippen LogP contribution in [0.4, 0.5) is 0 Å². The first-order valence-electron chi connectivity index (χ1n) is 6.66. The van der Waals surface area contributed by atoms with Gasteiger partial charge in [-0.1, -0.05) is 19.0 Å². The van der Waals surface area contributed by atoms with E-state index < -0.39 is 9.84 Å². The molecule has 0 aliphatic carbocycles. The lowest BCUT2D eigenvalue weighted by Crippen LogP contribution is -2.33. The largest absolute Gasteiger partial charge is 0.409 e. The van der Waals surface area contributed by atoms with Crippen molar-refractivity contribution in [2.24, 2.45) is 22.2 Å². The van der Waals surface area contributed by atoms with Gasteiger partial charge in [0.05, 0.1) is 11.5 Å². The van der Waals surface area contributed by atoms with Crippen molar-refractivity contribution < 1.29 is 13.6 Å². The second kappa shape index (κ2) is 6.56. The maximum atomic E-state index is 11.3. The minimum atomic E-state index is -2.78. The Balaban J connectivity index is 2.16. The van der Waals surface area contributed by atoms with E-state index in [1.54, 1.807) is 0 Å². The van der Waals surface area contributed by atoms with Gasteiger partial charge in [0, 0.05) is 5.41 Å². The van der Waals surface area contributed by atoms with Crippen molar-refractivity contribution in [1.29, 1.82) is 0 Å². The van der Waals surface area contributed by atoms with Gasteiger partial charge in [-0.05, 0) is 38.3 Å². The van der Waals surface area contributed by atoms with Crippen LogP contribution in [-0.2, 0) is 9.84 Å². The number of nitrogens with zero attached hydrogens (tertiary/aromatic N) is 1. The van der Waals surface area contributed by atoms with Crippen LogP contribution in [0.3, 0.4) is 0 Å². The number of hydrogen-bond acceptors (Lipinski definition) is 5. The molecule has 0 amide bonds. The second-order valence-electron chi connectivity index (χ2n) is 5.95. The van der Waals surface area contributed by atoms with Crippen LogP contribution in [0, 0.1) is 11.3 Å². The lowest BCUT2D eigenvalue weighted by Gasteiger charge is -2.22. The van der Waals surface area contributed by atoms with Crippen LogP contribution in [0.2, 0.25) is 0 Å². The van der Waals surface area contributed by atoms with Crippen molar-refractivity contribution in [2.45, 2.75) is 33.1 Å². The smallest absolute Gasteiger partial charge is 0.150 e. The van der Waals surface area contributed by atoms with Gasteiger partial charge >= 0.3 is 0 Å². The van der Waals surface area contributed by atoms with Crippen LogP contribution >= 0.6 is 0 Å². The number of rotatable bonds is 7. The molecule has 0 aromatic carbocycles. The highest BCUT2D eigenvalue weighted by Crippen LogP contribution is 2.22. The Bertz CT molecular complexity index is 418. The van der Waals surface area contributed by atoms with E-state index in [0.29, 0.717) is 11.5 Å². The average molecular weight is 291 g/mol.